The Balaban J connectivity index is 1.63. The van der Waals surface area contributed by atoms with Crippen LogP contribution in [-0.4, -0.2) is 23.9 Å². The Labute approximate surface area is 136 Å². The molecule has 2 heterocycles. The maximum atomic E-state index is 12.4. The summed E-state index contributed by atoms with van der Waals surface area (Å²) in [7, 11) is 0. The zero-order valence-electron chi connectivity index (χ0n) is 13.1. The molecule has 1 amide bonds. The Hall–Kier alpha value is -1.65. The van der Waals surface area contributed by atoms with E-state index >= 15 is 0 Å². The van der Waals surface area contributed by atoms with E-state index < -0.39 is 0 Å². The van der Waals surface area contributed by atoms with Gasteiger partial charge in [0.05, 0.1) is 6.54 Å². The minimum Gasteiger partial charge on any atom is -0.325 e. The van der Waals surface area contributed by atoms with Crippen molar-refractivity contribution in [3.63, 3.8) is 0 Å². The third-order valence-electron chi connectivity index (χ3n) is 4.09. The van der Waals surface area contributed by atoms with Crippen LogP contribution in [0.15, 0.2) is 35.7 Å². The van der Waals surface area contributed by atoms with Crippen LogP contribution in [0.4, 0.5) is 5.69 Å². The van der Waals surface area contributed by atoms with Gasteiger partial charge in [-0.2, -0.15) is 0 Å². The molecular weight excluding hydrogens is 292 g/mol. The second-order valence-electron chi connectivity index (χ2n) is 6.07. The fraction of sp³-hybridized carbons (Fsp3) is 0.389. The monoisotopic (exact) mass is 314 g/mol. The summed E-state index contributed by atoms with van der Waals surface area (Å²) in [4.78, 5) is 16.0. The fourth-order valence-electron chi connectivity index (χ4n) is 3.25. The predicted molar refractivity (Wildman–Crippen MR) is 92.4 cm³/mol. The molecule has 3 rings (SSSR count). The van der Waals surface area contributed by atoms with Gasteiger partial charge >= 0.3 is 0 Å². The molecule has 4 heteroatoms. The Morgan fingerprint density at radius 1 is 1.32 bits per heavy atom. The van der Waals surface area contributed by atoms with Crippen molar-refractivity contribution >= 4 is 22.9 Å². The highest BCUT2D eigenvalue weighted by molar-refractivity contribution is 7.10. The van der Waals surface area contributed by atoms with Crippen molar-refractivity contribution in [3.05, 3.63) is 51.7 Å². The maximum absolute atomic E-state index is 12.4. The first-order chi connectivity index (χ1) is 10.6. The number of rotatable bonds is 4. The van der Waals surface area contributed by atoms with E-state index in [2.05, 4.69) is 47.6 Å². The van der Waals surface area contributed by atoms with Gasteiger partial charge in [0.25, 0.3) is 0 Å². The van der Waals surface area contributed by atoms with Crippen LogP contribution >= 0.6 is 11.3 Å². The number of nitrogens with one attached hydrogen (secondary N) is 1. The van der Waals surface area contributed by atoms with E-state index in [1.165, 1.54) is 22.4 Å². The van der Waals surface area contributed by atoms with Crippen LogP contribution in [-0.2, 0) is 4.79 Å². The number of nitrogens with zero attached hydrogens (tertiary/aromatic N) is 1. The van der Waals surface area contributed by atoms with Crippen LogP contribution in [0.1, 0.15) is 34.9 Å². The smallest absolute Gasteiger partial charge is 0.238 e. The van der Waals surface area contributed by atoms with Gasteiger partial charge in [-0.3, -0.25) is 9.69 Å². The number of amides is 1. The van der Waals surface area contributed by atoms with E-state index in [0.29, 0.717) is 12.6 Å². The minimum absolute atomic E-state index is 0.0773. The molecule has 0 bridgehead atoms. The lowest BCUT2D eigenvalue weighted by Gasteiger charge is -2.23. The molecule has 116 valence electrons. The lowest BCUT2D eigenvalue weighted by Crippen LogP contribution is -2.32. The maximum Gasteiger partial charge on any atom is 0.238 e. The van der Waals surface area contributed by atoms with Crippen molar-refractivity contribution in [3.8, 4) is 0 Å². The molecule has 22 heavy (non-hydrogen) atoms. The zero-order valence-corrected chi connectivity index (χ0v) is 14.0. The van der Waals surface area contributed by atoms with Gasteiger partial charge in [0.2, 0.25) is 5.91 Å². The zero-order chi connectivity index (χ0) is 15.5. The molecule has 3 nitrogen and oxygen atoms in total. The molecule has 1 aliphatic rings. The van der Waals surface area contributed by atoms with Crippen LogP contribution in [0.2, 0.25) is 0 Å². The van der Waals surface area contributed by atoms with E-state index in [1.807, 2.05) is 12.1 Å². The topological polar surface area (TPSA) is 32.3 Å². The number of carbonyl (C=O) groups is 1. The largest absolute Gasteiger partial charge is 0.325 e. The van der Waals surface area contributed by atoms with Gasteiger partial charge in [0.15, 0.2) is 0 Å². The van der Waals surface area contributed by atoms with Crippen molar-refractivity contribution in [2.75, 3.05) is 18.4 Å². The molecule has 0 radical (unpaired) electrons. The minimum atomic E-state index is 0.0773. The number of carbonyl (C=O) groups excluding carboxylic acids is 1. The summed E-state index contributed by atoms with van der Waals surface area (Å²) >= 11 is 1.79. The van der Waals surface area contributed by atoms with E-state index in [1.54, 1.807) is 11.3 Å². The molecule has 1 N–H and O–H groups in total. The first-order valence-corrected chi connectivity index (χ1v) is 8.65. The predicted octanol–water partition coefficient (Wildman–Crippen LogP) is 4.14. The first-order valence-electron chi connectivity index (χ1n) is 7.77. The summed E-state index contributed by atoms with van der Waals surface area (Å²) in [5.41, 5.74) is 3.25. The first kappa shape index (κ1) is 15.3. The van der Waals surface area contributed by atoms with Gasteiger partial charge in [0.1, 0.15) is 0 Å². The van der Waals surface area contributed by atoms with Crippen molar-refractivity contribution in [2.24, 2.45) is 0 Å². The average Bonchev–Trinajstić information content (AvgIpc) is 3.07. The second kappa shape index (κ2) is 6.63. The van der Waals surface area contributed by atoms with Crippen molar-refractivity contribution in [1.29, 1.82) is 0 Å². The number of anilines is 1. The third kappa shape index (κ3) is 3.57. The molecule has 1 aliphatic heterocycles. The molecule has 0 saturated carbocycles. The summed E-state index contributed by atoms with van der Waals surface area (Å²) in [6.45, 7) is 5.57. The summed E-state index contributed by atoms with van der Waals surface area (Å²) < 4.78 is 0. The molecule has 1 fully saturated rings. The number of aryl methyl sites for hydroxylation is 2. The SMILES string of the molecule is Cc1cc(C)cc(NC(=O)CN2CCC[C@@H]2c2cccs2)c1. The van der Waals surface area contributed by atoms with Gasteiger partial charge in [-0.15, -0.1) is 11.3 Å². The van der Waals surface area contributed by atoms with Crippen molar-refractivity contribution in [2.45, 2.75) is 32.7 Å². The average molecular weight is 314 g/mol. The third-order valence-corrected chi connectivity index (χ3v) is 5.06. The molecule has 0 unspecified atom stereocenters. The van der Waals surface area contributed by atoms with Gasteiger partial charge in [0, 0.05) is 16.6 Å². The molecule has 1 aromatic carbocycles. The standard InChI is InChI=1S/C18H22N2OS/c1-13-9-14(2)11-15(10-13)19-18(21)12-20-7-3-5-16(20)17-6-4-8-22-17/h4,6,8-11,16H,3,5,7,12H2,1-2H3,(H,19,21)/t16-/m1/s1. The summed E-state index contributed by atoms with van der Waals surface area (Å²) in [5, 5.41) is 5.15. The Morgan fingerprint density at radius 3 is 2.77 bits per heavy atom. The Morgan fingerprint density at radius 2 is 2.09 bits per heavy atom. The molecule has 2 aromatic rings. The summed E-state index contributed by atoms with van der Waals surface area (Å²) in [5.74, 6) is 0.0773. The van der Waals surface area contributed by atoms with Crippen LogP contribution in [0.3, 0.4) is 0 Å². The number of hydrogen-bond donors (Lipinski definition) is 1. The van der Waals surface area contributed by atoms with Crippen LogP contribution < -0.4 is 5.32 Å². The van der Waals surface area contributed by atoms with Gasteiger partial charge in [-0.1, -0.05) is 12.1 Å². The number of hydrogen-bond acceptors (Lipinski definition) is 3. The highest BCUT2D eigenvalue weighted by atomic mass is 32.1. The van der Waals surface area contributed by atoms with Gasteiger partial charge in [-0.25, -0.2) is 0 Å². The number of benzene rings is 1. The fourth-order valence-corrected chi connectivity index (χ4v) is 4.15. The van der Waals surface area contributed by atoms with Crippen molar-refractivity contribution in [1.82, 2.24) is 4.90 Å². The summed E-state index contributed by atoms with van der Waals surface area (Å²) in [6, 6.07) is 10.8. The summed E-state index contributed by atoms with van der Waals surface area (Å²) in [6.07, 6.45) is 2.32. The molecule has 1 atom stereocenters. The van der Waals surface area contributed by atoms with Gasteiger partial charge in [-0.05, 0) is 67.9 Å². The molecule has 0 spiro atoms. The lowest BCUT2D eigenvalue weighted by atomic mass is 10.1. The van der Waals surface area contributed by atoms with E-state index in [0.717, 1.165) is 18.7 Å². The number of likely N-dealkylation sites (tertiary alicyclic amines) is 1. The van der Waals surface area contributed by atoms with E-state index in [9.17, 15) is 4.79 Å². The van der Waals surface area contributed by atoms with E-state index in [-0.39, 0.29) is 5.91 Å². The van der Waals surface area contributed by atoms with Crippen molar-refractivity contribution < 1.29 is 4.79 Å². The molecule has 1 saturated heterocycles. The van der Waals surface area contributed by atoms with Crippen LogP contribution in [0.25, 0.3) is 0 Å². The normalized spacial score (nSPS) is 18.5. The Kier molecular flexibility index (Phi) is 4.60. The van der Waals surface area contributed by atoms with Crippen LogP contribution in [0.5, 0.6) is 0 Å². The van der Waals surface area contributed by atoms with Gasteiger partial charge < -0.3 is 5.32 Å². The van der Waals surface area contributed by atoms with E-state index in [4.69, 9.17) is 0 Å². The Bertz CT molecular complexity index is 631. The molecule has 1 aromatic heterocycles. The molecule has 0 aliphatic carbocycles. The highest BCUT2D eigenvalue weighted by Gasteiger charge is 2.28. The number of thiophene rings is 1. The molecular formula is C18H22N2OS. The highest BCUT2D eigenvalue weighted by Crippen LogP contribution is 2.34. The quantitative estimate of drug-likeness (QED) is 0.920. The second-order valence-corrected chi connectivity index (χ2v) is 7.05. The van der Waals surface area contributed by atoms with Crippen LogP contribution in [0, 0.1) is 13.8 Å². The lowest BCUT2D eigenvalue weighted by molar-refractivity contribution is -0.117.